The zero-order valence-corrected chi connectivity index (χ0v) is 14.7. The molecule has 0 aliphatic carbocycles. The van der Waals surface area contributed by atoms with Gasteiger partial charge in [-0.3, -0.25) is 4.79 Å². The molecule has 1 atom stereocenters. The molecular weight excluding hydrogens is 308 g/mol. The number of thiazole rings is 1. The Morgan fingerprint density at radius 1 is 1.30 bits per heavy atom. The summed E-state index contributed by atoms with van der Waals surface area (Å²) in [5.41, 5.74) is 1.81. The fourth-order valence-corrected chi connectivity index (χ4v) is 3.19. The summed E-state index contributed by atoms with van der Waals surface area (Å²) >= 11 is 1.59. The zero-order valence-electron chi connectivity index (χ0n) is 13.9. The molecule has 0 aliphatic rings. The second kappa shape index (κ2) is 7.70. The molecule has 1 amide bonds. The Hall–Kier alpha value is -1.72. The lowest BCUT2D eigenvalue weighted by Crippen LogP contribution is -2.30. The minimum atomic E-state index is -0.172. The highest BCUT2D eigenvalue weighted by atomic mass is 32.1. The molecule has 0 saturated carbocycles. The van der Waals surface area contributed by atoms with Crippen molar-refractivity contribution in [2.75, 3.05) is 6.61 Å². The minimum Gasteiger partial charge on any atom is -0.396 e. The smallest absolute Gasteiger partial charge is 0.226 e. The monoisotopic (exact) mass is 332 g/mol. The largest absolute Gasteiger partial charge is 0.396 e. The molecule has 2 rings (SSSR count). The number of nitrogens with one attached hydrogen (secondary N) is 1. The third-order valence-corrected chi connectivity index (χ3v) is 4.81. The van der Waals surface area contributed by atoms with Crippen LogP contribution in [0.25, 0.3) is 0 Å². The van der Waals surface area contributed by atoms with Gasteiger partial charge in [0.05, 0.1) is 23.2 Å². The zero-order chi connectivity index (χ0) is 16.9. The quantitative estimate of drug-likeness (QED) is 0.854. The van der Waals surface area contributed by atoms with Crippen LogP contribution < -0.4 is 5.32 Å². The van der Waals surface area contributed by atoms with E-state index in [1.807, 2.05) is 35.7 Å². The summed E-state index contributed by atoms with van der Waals surface area (Å²) in [6, 6.07) is 9.55. The summed E-state index contributed by atoms with van der Waals surface area (Å²) in [6.45, 7) is 6.37. The van der Waals surface area contributed by atoms with Gasteiger partial charge in [-0.15, -0.1) is 11.3 Å². The van der Waals surface area contributed by atoms with Crippen molar-refractivity contribution in [1.29, 1.82) is 0 Å². The minimum absolute atomic E-state index is 0.00283. The number of aliphatic hydroxyl groups is 1. The van der Waals surface area contributed by atoms with Crippen LogP contribution in [0, 0.1) is 0 Å². The van der Waals surface area contributed by atoms with Crippen molar-refractivity contribution in [2.24, 2.45) is 0 Å². The highest BCUT2D eigenvalue weighted by Gasteiger charge is 2.20. The normalized spacial score (nSPS) is 12.9. The number of carbonyl (C=O) groups excluding carboxylic acids is 1. The molecule has 124 valence electrons. The molecule has 2 N–H and O–H groups in total. The fourth-order valence-electron chi connectivity index (χ4n) is 2.28. The number of nitrogens with zero attached hydrogens (tertiary/aromatic N) is 1. The van der Waals surface area contributed by atoms with E-state index in [2.05, 4.69) is 31.1 Å². The number of aromatic nitrogens is 1. The van der Waals surface area contributed by atoms with E-state index in [1.54, 1.807) is 11.3 Å². The highest BCUT2D eigenvalue weighted by Crippen LogP contribution is 2.25. The third-order valence-electron chi connectivity index (χ3n) is 3.49. The van der Waals surface area contributed by atoms with Gasteiger partial charge in [-0.1, -0.05) is 51.1 Å². The third kappa shape index (κ3) is 5.15. The van der Waals surface area contributed by atoms with Gasteiger partial charge in [0, 0.05) is 17.4 Å². The Morgan fingerprint density at radius 3 is 2.57 bits per heavy atom. The molecule has 5 heteroatoms. The van der Waals surface area contributed by atoms with E-state index in [0.29, 0.717) is 6.42 Å². The van der Waals surface area contributed by atoms with Crippen LogP contribution in [0.1, 0.15) is 49.5 Å². The predicted octanol–water partition coefficient (Wildman–Crippen LogP) is 3.22. The van der Waals surface area contributed by atoms with Crippen molar-refractivity contribution in [2.45, 2.75) is 45.1 Å². The first-order valence-corrected chi connectivity index (χ1v) is 8.68. The molecule has 1 heterocycles. The average molecular weight is 332 g/mol. The molecule has 1 unspecified atom stereocenters. The number of rotatable bonds is 6. The van der Waals surface area contributed by atoms with Crippen LogP contribution in [-0.2, 0) is 16.6 Å². The maximum absolute atomic E-state index is 12.3. The summed E-state index contributed by atoms with van der Waals surface area (Å²) < 4.78 is 0. The number of aliphatic hydroxyl groups excluding tert-OH is 1. The van der Waals surface area contributed by atoms with Crippen LogP contribution in [0.2, 0.25) is 0 Å². The molecule has 0 spiro atoms. The second-order valence-corrected chi connectivity index (χ2v) is 7.47. The topological polar surface area (TPSA) is 62.2 Å². The summed E-state index contributed by atoms with van der Waals surface area (Å²) in [4.78, 5) is 16.9. The summed E-state index contributed by atoms with van der Waals surface area (Å²) in [6.07, 6.45) is 0.765. The molecule has 23 heavy (non-hydrogen) atoms. The molecule has 1 aromatic carbocycles. The van der Waals surface area contributed by atoms with Crippen LogP contribution in [0.3, 0.4) is 0 Å². The van der Waals surface area contributed by atoms with E-state index < -0.39 is 0 Å². The van der Waals surface area contributed by atoms with Gasteiger partial charge < -0.3 is 10.4 Å². The fraction of sp³-hybridized carbons (Fsp3) is 0.444. The summed E-state index contributed by atoms with van der Waals surface area (Å²) in [7, 11) is 0. The number of benzene rings is 1. The standard InChI is InChI=1S/C18H24N2O2S/c1-18(2,3)17-19-14(12-23-17)11-16(22)20-15(9-10-21)13-7-5-4-6-8-13/h4-8,12,15,21H,9-11H2,1-3H3,(H,20,22). The molecule has 0 fully saturated rings. The van der Waals surface area contributed by atoms with Gasteiger partial charge in [-0.25, -0.2) is 4.98 Å². The molecule has 1 aromatic heterocycles. The second-order valence-electron chi connectivity index (χ2n) is 6.61. The van der Waals surface area contributed by atoms with Crippen LogP contribution in [0.4, 0.5) is 0 Å². The van der Waals surface area contributed by atoms with Gasteiger partial charge in [-0.05, 0) is 12.0 Å². The highest BCUT2D eigenvalue weighted by molar-refractivity contribution is 7.09. The van der Waals surface area contributed by atoms with Gasteiger partial charge >= 0.3 is 0 Å². The van der Waals surface area contributed by atoms with E-state index in [1.165, 1.54) is 0 Å². The van der Waals surface area contributed by atoms with Crippen LogP contribution in [-0.4, -0.2) is 22.6 Å². The average Bonchev–Trinajstić information content (AvgIpc) is 2.96. The summed E-state index contributed by atoms with van der Waals surface area (Å²) in [5.74, 6) is -0.0712. The van der Waals surface area contributed by atoms with Gasteiger partial charge in [0.2, 0.25) is 5.91 Å². The van der Waals surface area contributed by atoms with Crippen molar-refractivity contribution in [3.05, 3.63) is 52.0 Å². The van der Waals surface area contributed by atoms with Crippen molar-refractivity contribution in [3.8, 4) is 0 Å². The lowest BCUT2D eigenvalue weighted by atomic mass is 9.98. The first-order valence-electron chi connectivity index (χ1n) is 7.80. The van der Waals surface area contributed by atoms with E-state index in [4.69, 9.17) is 0 Å². The number of hydrogen-bond donors (Lipinski definition) is 2. The maximum Gasteiger partial charge on any atom is 0.226 e. The van der Waals surface area contributed by atoms with Gasteiger partial charge in [-0.2, -0.15) is 0 Å². The van der Waals surface area contributed by atoms with Crippen LogP contribution in [0.5, 0.6) is 0 Å². The Labute approximate surface area is 141 Å². The van der Waals surface area contributed by atoms with Crippen molar-refractivity contribution >= 4 is 17.2 Å². The van der Waals surface area contributed by atoms with Gasteiger partial charge in [0.25, 0.3) is 0 Å². The van der Waals surface area contributed by atoms with Crippen molar-refractivity contribution in [1.82, 2.24) is 10.3 Å². The Bertz CT molecular complexity index is 632. The maximum atomic E-state index is 12.3. The first kappa shape index (κ1) is 17.6. The number of amides is 1. The first-order chi connectivity index (χ1) is 10.9. The summed E-state index contributed by atoms with van der Waals surface area (Å²) in [5, 5.41) is 15.2. The Kier molecular flexibility index (Phi) is 5.91. The molecule has 0 saturated heterocycles. The number of carbonyl (C=O) groups is 1. The molecule has 0 radical (unpaired) electrons. The van der Waals surface area contributed by atoms with Crippen molar-refractivity contribution in [3.63, 3.8) is 0 Å². The molecule has 2 aromatic rings. The van der Waals surface area contributed by atoms with E-state index in [9.17, 15) is 9.90 Å². The lowest BCUT2D eigenvalue weighted by molar-refractivity contribution is -0.121. The lowest BCUT2D eigenvalue weighted by Gasteiger charge is -2.18. The Balaban J connectivity index is 2.01. The van der Waals surface area contributed by atoms with E-state index in [0.717, 1.165) is 16.3 Å². The van der Waals surface area contributed by atoms with Crippen LogP contribution >= 0.6 is 11.3 Å². The molecule has 0 aliphatic heterocycles. The predicted molar refractivity (Wildman–Crippen MR) is 93.5 cm³/mol. The SMILES string of the molecule is CC(C)(C)c1nc(CC(=O)NC(CCO)c2ccccc2)cs1. The van der Waals surface area contributed by atoms with Gasteiger partial charge in [0.1, 0.15) is 0 Å². The van der Waals surface area contributed by atoms with Crippen LogP contribution in [0.15, 0.2) is 35.7 Å². The van der Waals surface area contributed by atoms with Gasteiger partial charge in [0.15, 0.2) is 0 Å². The number of hydrogen-bond acceptors (Lipinski definition) is 4. The van der Waals surface area contributed by atoms with E-state index >= 15 is 0 Å². The van der Waals surface area contributed by atoms with Crippen molar-refractivity contribution < 1.29 is 9.90 Å². The molecule has 0 bridgehead atoms. The Morgan fingerprint density at radius 2 is 2.00 bits per heavy atom. The molecular formula is C18H24N2O2S. The van der Waals surface area contributed by atoms with E-state index in [-0.39, 0.29) is 30.4 Å². The molecule has 4 nitrogen and oxygen atoms in total.